The van der Waals surface area contributed by atoms with Crippen LogP contribution >= 0.6 is 0 Å². The molecule has 0 atom stereocenters. The normalized spacial score (nSPS) is 19.1. The molecule has 0 radical (unpaired) electrons. The van der Waals surface area contributed by atoms with E-state index in [4.69, 9.17) is 9.47 Å². The summed E-state index contributed by atoms with van der Waals surface area (Å²) in [7, 11) is 0. The lowest BCUT2D eigenvalue weighted by atomic mass is 10.2. The lowest BCUT2D eigenvalue weighted by molar-refractivity contribution is 0.00984. The predicted octanol–water partition coefficient (Wildman–Crippen LogP) is 2.00. The van der Waals surface area contributed by atoms with Crippen LogP contribution < -0.4 is 15.0 Å². The highest BCUT2D eigenvalue weighted by molar-refractivity contribution is 5.51. The van der Waals surface area contributed by atoms with Gasteiger partial charge in [-0.3, -0.25) is 0 Å². The first-order valence-electron chi connectivity index (χ1n) is 7.29. The van der Waals surface area contributed by atoms with Gasteiger partial charge in [-0.1, -0.05) is 0 Å². The van der Waals surface area contributed by atoms with E-state index in [1.807, 2.05) is 0 Å². The van der Waals surface area contributed by atoms with E-state index >= 15 is 0 Å². The quantitative estimate of drug-likeness (QED) is 0.638. The molecule has 0 unspecified atom stereocenters. The molecular weight excluding hydrogens is 259 g/mol. The second-order valence-corrected chi connectivity index (χ2v) is 5.43. The number of nitrogens with zero attached hydrogens (tertiary/aromatic N) is 1. The number of ether oxygens (including phenoxy) is 2. The van der Waals surface area contributed by atoms with Crippen molar-refractivity contribution in [3.63, 3.8) is 0 Å². The molecule has 1 heterocycles. The second kappa shape index (κ2) is 6.41. The third kappa shape index (κ3) is 3.61. The Morgan fingerprint density at radius 3 is 2.75 bits per heavy atom. The summed E-state index contributed by atoms with van der Waals surface area (Å²) in [5.41, 5.74) is 0.651. The van der Waals surface area contributed by atoms with Crippen molar-refractivity contribution in [1.29, 1.82) is 0 Å². The number of hydrogen-bond acceptors (Lipinski definition) is 4. The molecule has 0 spiro atoms. The highest BCUT2D eigenvalue weighted by Crippen LogP contribution is 2.29. The van der Waals surface area contributed by atoms with E-state index in [9.17, 15) is 4.39 Å². The average molecular weight is 280 g/mol. The van der Waals surface area contributed by atoms with Crippen LogP contribution in [0.3, 0.4) is 0 Å². The van der Waals surface area contributed by atoms with Gasteiger partial charge in [0.15, 0.2) is 6.79 Å². The molecule has 2 aliphatic rings. The number of hydrogen-bond donors (Lipinski definition) is 1. The maximum absolute atomic E-state index is 14.1. The topological polar surface area (TPSA) is 33.7 Å². The van der Waals surface area contributed by atoms with Crippen molar-refractivity contribution in [3.05, 3.63) is 24.0 Å². The Bertz CT molecular complexity index is 445. The Balaban J connectivity index is 1.52. The Morgan fingerprint density at radius 1 is 1.25 bits per heavy atom. The highest BCUT2D eigenvalue weighted by Gasteiger charge is 2.21. The van der Waals surface area contributed by atoms with Gasteiger partial charge in [0, 0.05) is 32.2 Å². The van der Waals surface area contributed by atoms with Crippen molar-refractivity contribution in [2.24, 2.45) is 5.92 Å². The molecule has 1 saturated carbocycles. The minimum atomic E-state index is -0.230. The maximum Gasteiger partial charge on any atom is 0.189 e. The van der Waals surface area contributed by atoms with Crippen LogP contribution in [0.5, 0.6) is 5.75 Å². The summed E-state index contributed by atoms with van der Waals surface area (Å²) < 4.78 is 24.9. The van der Waals surface area contributed by atoms with E-state index in [0.717, 1.165) is 32.8 Å². The number of anilines is 1. The monoisotopic (exact) mass is 280 g/mol. The van der Waals surface area contributed by atoms with Gasteiger partial charge < -0.3 is 19.7 Å². The molecule has 1 N–H and O–H groups in total. The van der Waals surface area contributed by atoms with Crippen LogP contribution in [-0.4, -0.2) is 39.6 Å². The first-order valence-corrected chi connectivity index (χ1v) is 7.29. The fourth-order valence-electron chi connectivity index (χ4n) is 2.35. The van der Waals surface area contributed by atoms with E-state index in [2.05, 4.69) is 10.2 Å². The highest BCUT2D eigenvalue weighted by atomic mass is 19.1. The van der Waals surface area contributed by atoms with E-state index in [1.54, 1.807) is 12.1 Å². The lowest BCUT2D eigenvalue weighted by Crippen LogP contribution is -2.43. The summed E-state index contributed by atoms with van der Waals surface area (Å²) in [5.74, 6) is 1.01. The van der Waals surface area contributed by atoms with Crippen LogP contribution in [0.15, 0.2) is 18.2 Å². The molecule has 4 nitrogen and oxygen atoms in total. The number of halogens is 1. The first-order chi connectivity index (χ1) is 9.83. The predicted molar refractivity (Wildman–Crippen MR) is 75.7 cm³/mol. The summed E-state index contributed by atoms with van der Waals surface area (Å²) in [5, 5.41) is 3.26. The molecule has 2 fully saturated rings. The maximum atomic E-state index is 14.1. The minimum absolute atomic E-state index is 0.197. The minimum Gasteiger partial charge on any atom is -0.467 e. The van der Waals surface area contributed by atoms with E-state index < -0.39 is 0 Å². The zero-order chi connectivity index (χ0) is 13.8. The summed E-state index contributed by atoms with van der Waals surface area (Å²) in [6.07, 6.45) is 2.52. The van der Waals surface area contributed by atoms with E-state index in [1.165, 1.54) is 18.9 Å². The molecular formula is C15H21FN2O2. The van der Waals surface area contributed by atoms with E-state index in [0.29, 0.717) is 17.4 Å². The fraction of sp³-hybridized carbons (Fsp3) is 0.600. The standard InChI is InChI=1S/C15H21FN2O2/c16-14-9-13(20-11-19-10-12-1-2-12)3-4-15(14)18-7-5-17-6-8-18/h3-4,9,12,17H,1-2,5-8,10-11H2. The Morgan fingerprint density at radius 2 is 2.05 bits per heavy atom. The van der Waals surface area contributed by atoms with Gasteiger partial charge in [0.05, 0.1) is 12.3 Å². The second-order valence-electron chi connectivity index (χ2n) is 5.43. The van der Waals surface area contributed by atoms with Gasteiger partial charge >= 0.3 is 0 Å². The Kier molecular flexibility index (Phi) is 4.38. The fourth-order valence-corrected chi connectivity index (χ4v) is 2.35. The van der Waals surface area contributed by atoms with Crippen LogP contribution in [0.1, 0.15) is 12.8 Å². The first kappa shape index (κ1) is 13.6. The van der Waals surface area contributed by atoms with E-state index in [-0.39, 0.29) is 12.6 Å². The molecule has 0 amide bonds. The van der Waals surface area contributed by atoms with Crippen LogP contribution in [0.4, 0.5) is 10.1 Å². The molecule has 0 bridgehead atoms. The smallest absolute Gasteiger partial charge is 0.189 e. The molecule has 1 aromatic carbocycles. The average Bonchev–Trinajstić information content (AvgIpc) is 3.29. The number of benzene rings is 1. The SMILES string of the molecule is Fc1cc(OCOCC2CC2)ccc1N1CCNCC1. The van der Waals surface area contributed by atoms with Gasteiger partial charge in [-0.05, 0) is 30.9 Å². The third-order valence-corrected chi connectivity index (χ3v) is 3.74. The molecule has 110 valence electrons. The lowest BCUT2D eigenvalue weighted by Gasteiger charge is -2.29. The molecule has 5 heteroatoms. The van der Waals surface area contributed by atoms with Crippen LogP contribution in [-0.2, 0) is 4.74 Å². The van der Waals surface area contributed by atoms with Crippen LogP contribution in [0, 0.1) is 11.7 Å². The van der Waals surface area contributed by atoms with Crippen molar-refractivity contribution in [3.8, 4) is 5.75 Å². The zero-order valence-electron chi connectivity index (χ0n) is 11.6. The van der Waals surface area contributed by atoms with Crippen LogP contribution in [0.2, 0.25) is 0 Å². The number of rotatable bonds is 6. The van der Waals surface area contributed by atoms with Gasteiger partial charge in [-0.15, -0.1) is 0 Å². The molecule has 1 saturated heterocycles. The van der Waals surface area contributed by atoms with Crippen molar-refractivity contribution >= 4 is 5.69 Å². The third-order valence-electron chi connectivity index (χ3n) is 3.74. The van der Waals surface area contributed by atoms with Crippen molar-refractivity contribution in [2.75, 3.05) is 44.5 Å². The van der Waals surface area contributed by atoms with Crippen molar-refractivity contribution in [2.45, 2.75) is 12.8 Å². The summed E-state index contributed by atoms with van der Waals surface area (Å²) in [4.78, 5) is 2.05. The van der Waals surface area contributed by atoms with Gasteiger partial charge in [0.1, 0.15) is 11.6 Å². The summed E-state index contributed by atoms with van der Waals surface area (Å²) in [6.45, 7) is 4.41. The molecule has 3 rings (SSSR count). The molecule has 1 aromatic rings. The molecule has 20 heavy (non-hydrogen) atoms. The van der Waals surface area contributed by atoms with Crippen LogP contribution in [0.25, 0.3) is 0 Å². The largest absolute Gasteiger partial charge is 0.467 e. The van der Waals surface area contributed by atoms with Crippen molar-refractivity contribution in [1.82, 2.24) is 5.32 Å². The molecule has 1 aliphatic heterocycles. The molecule has 1 aliphatic carbocycles. The number of nitrogens with one attached hydrogen (secondary N) is 1. The summed E-state index contributed by atoms with van der Waals surface area (Å²) in [6, 6.07) is 5.04. The van der Waals surface area contributed by atoms with Gasteiger partial charge in [0.2, 0.25) is 0 Å². The van der Waals surface area contributed by atoms with Gasteiger partial charge in [0.25, 0.3) is 0 Å². The van der Waals surface area contributed by atoms with Gasteiger partial charge in [-0.2, -0.15) is 0 Å². The van der Waals surface area contributed by atoms with Gasteiger partial charge in [-0.25, -0.2) is 4.39 Å². The summed E-state index contributed by atoms with van der Waals surface area (Å²) >= 11 is 0. The zero-order valence-corrected chi connectivity index (χ0v) is 11.6. The Labute approximate surface area is 118 Å². The Hall–Kier alpha value is -1.33. The molecule has 0 aromatic heterocycles. The number of piperazine rings is 1. The van der Waals surface area contributed by atoms with Crippen molar-refractivity contribution < 1.29 is 13.9 Å².